The molecule has 0 spiro atoms. The lowest BCUT2D eigenvalue weighted by atomic mass is 10.1. The van der Waals surface area contributed by atoms with Crippen LogP contribution in [-0.2, 0) is 4.79 Å². The quantitative estimate of drug-likeness (QED) is 0.672. The fraction of sp³-hybridized carbons (Fsp3) is 0.286. The molecule has 4 amide bonds. The van der Waals surface area contributed by atoms with Crippen molar-refractivity contribution in [1.29, 1.82) is 0 Å². The molecule has 1 saturated heterocycles. The molecule has 1 heterocycles. The van der Waals surface area contributed by atoms with Crippen molar-refractivity contribution >= 4 is 40.8 Å². The Kier molecular flexibility index (Phi) is 6.72. The van der Waals surface area contributed by atoms with E-state index in [1.807, 2.05) is 25.1 Å². The van der Waals surface area contributed by atoms with Crippen LogP contribution in [0.1, 0.15) is 30.1 Å². The van der Waals surface area contributed by atoms with Crippen molar-refractivity contribution in [3.8, 4) is 0 Å². The lowest BCUT2D eigenvalue weighted by molar-refractivity contribution is -0.127. The van der Waals surface area contributed by atoms with E-state index in [-0.39, 0.29) is 17.9 Å². The summed E-state index contributed by atoms with van der Waals surface area (Å²) >= 11 is 6.17. The largest absolute Gasteiger partial charge is 0.341 e. The summed E-state index contributed by atoms with van der Waals surface area (Å²) < 4.78 is 0. The molecule has 0 bridgehead atoms. The highest BCUT2D eigenvalue weighted by Gasteiger charge is 2.22. The average molecular weight is 415 g/mol. The Hall–Kier alpha value is -3.06. The van der Waals surface area contributed by atoms with E-state index in [9.17, 15) is 14.4 Å². The number of likely N-dealkylation sites (tertiary alicyclic amines) is 1. The molecule has 2 aromatic carbocycles. The number of urea groups is 1. The van der Waals surface area contributed by atoms with Crippen LogP contribution in [0.4, 0.5) is 16.2 Å². The highest BCUT2D eigenvalue weighted by Crippen LogP contribution is 2.23. The van der Waals surface area contributed by atoms with Crippen molar-refractivity contribution in [3.05, 3.63) is 59.1 Å². The van der Waals surface area contributed by atoms with Gasteiger partial charge in [0.15, 0.2) is 0 Å². The lowest BCUT2D eigenvalue weighted by Gasteiger charge is -2.22. The highest BCUT2D eigenvalue weighted by atomic mass is 35.5. The van der Waals surface area contributed by atoms with Crippen LogP contribution in [-0.4, -0.2) is 41.9 Å². The van der Waals surface area contributed by atoms with Gasteiger partial charge in [0.05, 0.1) is 10.7 Å². The monoisotopic (exact) mass is 414 g/mol. The summed E-state index contributed by atoms with van der Waals surface area (Å²) in [6.45, 7) is 3.01. The molecule has 1 fully saturated rings. The van der Waals surface area contributed by atoms with Crippen LogP contribution in [0.15, 0.2) is 48.5 Å². The zero-order valence-electron chi connectivity index (χ0n) is 16.1. The minimum atomic E-state index is -0.452. The second-order valence-corrected chi connectivity index (χ2v) is 7.36. The van der Waals surface area contributed by atoms with Gasteiger partial charge in [-0.3, -0.25) is 9.59 Å². The number of anilines is 2. The van der Waals surface area contributed by atoms with Crippen molar-refractivity contribution in [2.24, 2.45) is 0 Å². The zero-order valence-corrected chi connectivity index (χ0v) is 16.8. The number of halogens is 1. The lowest BCUT2D eigenvalue weighted by Crippen LogP contribution is -2.44. The van der Waals surface area contributed by atoms with E-state index >= 15 is 0 Å². The maximum Gasteiger partial charge on any atom is 0.319 e. The molecule has 152 valence electrons. The second-order valence-electron chi connectivity index (χ2n) is 6.96. The van der Waals surface area contributed by atoms with Crippen LogP contribution in [0.3, 0.4) is 0 Å². The molecule has 1 unspecified atom stereocenters. The maximum absolute atomic E-state index is 12.4. The van der Waals surface area contributed by atoms with E-state index in [4.69, 9.17) is 11.6 Å². The van der Waals surface area contributed by atoms with E-state index in [1.54, 1.807) is 29.2 Å². The van der Waals surface area contributed by atoms with Gasteiger partial charge < -0.3 is 20.9 Å². The predicted molar refractivity (Wildman–Crippen MR) is 113 cm³/mol. The number of hydrogen-bond acceptors (Lipinski definition) is 3. The van der Waals surface area contributed by atoms with E-state index in [1.165, 1.54) is 6.07 Å². The standard InChI is InChI=1S/C21H23ClN4O3/c1-14(13-26-11-5-8-19(26)27)23-21(29)25-18-12-15(9-10-17(18)22)20(28)24-16-6-3-2-4-7-16/h2-4,6-7,9-10,12,14H,5,8,11,13H2,1H3,(H,24,28)(H2,23,25,29). The first-order valence-corrected chi connectivity index (χ1v) is 9.81. The van der Waals surface area contributed by atoms with Gasteiger partial charge in [0.1, 0.15) is 0 Å². The molecular weight excluding hydrogens is 392 g/mol. The number of hydrogen-bond donors (Lipinski definition) is 3. The third kappa shape index (κ3) is 5.71. The first kappa shape index (κ1) is 20.7. The smallest absolute Gasteiger partial charge is 0.319 e. The molecule has 8 heteroatoms. The number of amides is 4. The minimum Gasteiger partial charge on any atom is -0.341 e. The summed E-state index contributed by atoms with van der Waals surface area (Å²) in [7, 11) is 0. The van der Waals surface area contributed by atoms with Gasteiger partial charge in [-0.2, -0.15) is 0 Å². The van der Waals surface area contributed by atoms with E-state index in [0.717, 1.165) is 13.0 Å². The van der Waals surface area contributed by atoms with Gasteiger partial charge in [-0.15, -0.1) is 0 Å². The molecule has 2 aromatic rings. The predicted octanol–water partition coefficient (Wildman–Crippen LogP) is 3.72. The Morgan fingerprint density at radius 1 is 1.14 bits per heavy atom. The number of para-hydroxylation sites is 1. The summed E-state index contributed by atoms with van der Waals surface area (Å²) in [4.78, 5) is 38.2. The van der Waals surface area contributed by atoms with Gasteiger partial charge in [0.25, 0.3) is 5.91 Å². The van der Waals surface area contributed by atoms with Gasteiger partial charge in [0.2, 0.25) is 5.91 Å². The number of carbonyl (C=O) groups excluding carboxylic acids is 3. The van der Waals surface area contributed by atoms with Gasteiger partial charge in [-0.05, 0) is 43.7 Å². The Morgan fingerprint density at radius 3 is 2.59 bits per heavy atom. The van der Waals surface area contributed by atoms with Crippen molar-refractivity contribution in [1.82, 2.24) is 10.2 Å². The summed E-state index contributed by atoms with van der Waals surface area (Å²) in [6.07, 6.45) is 1.41. The molecule has 1 atom stereocenters. The Bertz CT molecular complexity index is 904. The normalized spacial score (nSPS) is 14.4. The third-order valence-corrected chi connectivity index (χ3v) is 4.88. The molecule has 3 N–H and O–H groups in total. The maximum atomic E-state index is 12.4. The molecule has 29 heavy (non-hydrogen) atoms. The number of carbonyl (C=O) groups is 3. The van der Waals surface area contributed by atoms with Crippen LogP contribution in [0.5, 0.6) is 0 Å². The van der Waals surface area contributed by atoms with Gasteiger partial charge in [-0.1, -0.05) is 29.8 Å². The summed E-state index contributed by atoms with van der Waals surface area (Å²) in [5.41, 5.74) is 1.36. The zero-order chi connectivity index (χ0) is 20.8. The fourth-order valence-electron chi connectivity index (χ4n) is 3.14. The number of rotatable bonds is 6. The molecule has 0 aliphatic carbocycles. The summed E-state index contributed by atoms with van der Waals surface area (Å²) in [5, 5.41) is 8.56. The number of nitrogens with one attached hydrogen (secondary N) is 3. The number of nitrogens with zero attached hydrogens (tertiary/aromatic N) is 1. The van der Waals surface area contributed by atoms with Crippen molar-refractivity contribution < 1.29 is 14.4 Å². The molecule has 0 saturated carbocycles. The molecule has 7 nitrogen and oxygen atoms in total. The Labute approximate surface area is 174 Å². The van der Waals surface area contributed by atoms with Crippen LogP contribution < -0.4 is 16.0 Å². The molecule has 1 aliphatic heterocycles. The average Bonchev–Trinajstić information content (AvgIpc) is 3.08. The van der Waals surface area contributed by atoms with Crippen LogP contribution in [0.25, 0.3) is 0 Å². The highest BCUT2D eigenvalue weighted by molar-refractivity contribution is 6.34. The van der Waals surface area contributed by atoms with Gasteiger partial charge in [0, 0.05) is 36.8 Å². The van der Waals surface area contributed by atoms with Crippen molar-refractivity contribution in [3.63, 3.8) is 0 Å². The summed E-state index contributed by atoms with van der Waals surface area (Å²) in [6, 6.07) is 13.1. The molecule has 0 aromatic heterocycles. The first-order chi connectivity index (χ1) is 13.9. The third-order valence-electron chi connectivity index (χ3n) is 4.55. The Morgan fingerprint density at radius 2 is 1.90 bits per heavy atom. The molecule has 0 radical (unpaired) electrons. The first-order valence-electron chi connectivity index (χ1n) is 9.43. The van der Waals surface area contributed by atoms with Gasteiger partial charge in [-0.25, -0.2) is 4.79 Å². The van der Waals surface area contributed by atoms with Gasteiger partial charge >= 0.3 is 6.03 Å². The van der Waals surface area contributed by atoms with Crippen molar-refractivity contribution in [2.45, 2.75) is 25.8 Å². The minimum absolute atomic E-state index is 0.110. The molecule has 3 rings (SSSR count). The molecular formula is C21H23ClN4O3. The Balaban J connectivity index is 1.59. The molecule has 1 aliphatic rings. The van der Waals surface area contributed by atoms with Crippen molar-refractivity contribution in [2.75, 3.05) is 23.7 Å². The van der Waals surface area contributed by atoms with Crippen LogP contribution >= 0.6 is 11.6 Å². The van der Waals surface area contributed by atoms with E-state index in [2.05, 4.69) is 16.0 Å². The van der Waals surface area contributed by atoms with E-state index < -0.39 is 6.03 Å². The number of benzene rings is 2. The fourth-order valence-corrected chi connectivity index (χ4v) is 3.31. The van der Waals surface area contributed by atoms with E-state index in [0.29, 0.717) is 34.9 Å². The SMILES string of the molecule is CC(CN1CCCC1=O)NC(=O)Nc1cc(C(=O)Nc2ccccc2)ccc1Cl. The summed E-state index contributed by atoms with van der Waals surface area (Å²) in [5.74, 6) is -0.198. The van der Waals surface area contributed by atoms with Crippen LogP contribution in [0.2, 0.25) is 5.02 Å². The second kappa shape index (κ2) is 9.43. The van der Waals surface area contributed by atoms with Crippen LogP contribution in [0, 0.1) is 0 Å². The topological polar surface area (TPSA) is 90.5 Å².